The number of hydrogen-bond donors (Lipinski definition) is 2. The maximum atomic E-state index is 13.9. The monoisotopic (exact) mass is 452 g/mol. The van der Waals surface area contributed by atoms with E-state index in [-0.39, 0.29) is 18.2 Å². The molecule has 1 aliphatic rings. The first-order chi connectivity index (χ1) is 14.7. The molecule has 0 spiro atoms. The van der Waals surface area contributed by atoms with Crippen LogP contribution in [0.15, 0.2) is 30.5 Å². The molecule has 0 aliphatic carbocycles. The summed E-state index contributed by atoms with van der Waals surface area (Å²) in [5.41, 5.74) is 1.20. The van der Waals surface area contributed by atoms with Crippen LogP contribution in [0.4, 0.5) is 19.0 Å². The summed E-state index contributed by atoms with van der Waals surface area (Å²) in [6.07, 6.45) is -3.21. The standard InChI is InChI=1S/C20H23F3N6OS/c1-11(2)10-28-18(26-27-19(28)31)14-9-24-29-16(20(21,22)23)8-15(25-17(14)29)12-4-6-13(30-3)7-5-12/h4-7,9,11,15-16,25H,8,10H2,1-3H3,(H,27,31)/t15-,16-/m0/s1. The summed E-state index contributed by atoms with van der Waals surface area (Å²) in [5, 5.41) is 14.4. The number of aromatic nitrogens is 5. The fraction of sp³-hybridized carbons (Fsp3) is 0.450. The van der Waals surface area contributed by atoms with Crippen LogP contribution in [0.25, 0.3) is 11.4 Å². The van der Waals surface area contributed by atoms with E-state index in [2.05, 4.69) is 20.6 Å². The van der Waals surface area contributed by atoms with Gasteiger partial charge in [-0.3, -0.25) is 9.67 Å². The van der Waals surface area contributed by atoms with Gasteiger partial charge >= 0.3 is 6.18 Å². The Labute approximate surface area is 182 Å². The average molecular weight is 453 g/mol. The molecule has 0 saturated heterocycles. The third-order valence-corrected chi connectivity index (χ3v) is 5.62. The fourth-order valence-corrected chi connectivity index (χ4v) is 4.05. The van der Waals surface area contributed by atoms with Gasteiger partial charge in [0.1, 0.15) is 11.6 Å². The van der Waals surface area contributed by atoms with Crippen LogP contribution >= 0.6 is 12.2 Å². The van der Waals surface area contributed by atoms with Gasteiger partial charge in [-0.15, -0.1) is 0 Å². The van der Waals surface area contributed by atoms with Crippen LogP contribution in [0.2, 0.25) is 0 Å². The van der Waals surface area contributed by atoms with Gasteiger partial charge in [-0.2, -0.15) is 23.4 Å². The Morgan fingerprint density at radius 3 is 2.58 bits per heavy atom. The molecule has 0 fully saturated rings. The number of H-pyrrole nitrogens is 1. The fourth-order valence-electron chi connectivity index (χ4n) is 3.84. The van der Waals surface area contributed by atoms with Crippen LogP contribution in [0.3, 0.4) is 0 Å². The van der Waals surface area contributed by atoms with E-state index in [9.17, 15) is 13.2 Å². The van der Waals surface area contributed by atoms with Crippen molar-refractivity contribution in [3.05, 3.63) is 40.8 Å². The Hall–Kier alpha value is -2.82. The second-order valence-corrected chi connectivity index (χ2v) is 8.36. The lowest BCUT2D eigenvalue weighted by Gasteiger charge is -2.34. The van der Waals surface area contributed by atoms with Crippen LogP contribution in [0.1, 0.15) is 37.9 Å². The largest absolute Gasteiger partial charge is 0.497 e. The van der Waals surface area contributed by atoms with Crippen LogP contribution in [0.5, 0.6) is 5.75 Å². The summed E-state index contributed by atoms with van der Waals surface area (Å²) in [6.45, 7) is 4.65. The third kappa shape index (κ3) is 4.06. The predicted molar refractivity (Wildman–Crippen MR) is 113 cm³/mol. The van der Waals surface area contributed by atoms with Crippen molar-refractivity contribution >= 4 is 18.0 Å². The molecule has 1 aliphatic heterocycles. The van der Waals surface area contributed by atoms with E-state index in [0.29, 0.717) is 28.5 Å². The second kappa shape index (κ2) is 8.03. The smallest absolute Gasteiger partial charge is 0.410 e. The molecule has 0 saturated carbocycles. The van der Waals surface area contributed by atoms with Crippen LogP contribution < -0.4 is 10.1 Å². The lowest BCUT2D eigenvalue weighted by Crippen LogP contribution is -2.35. The van der Waals surface area contributed by atoms with Crippen LogP contribution in [0, 0.1) is 10.7 Å². The molecule has 0 unspecified atom stereocenters. The van der Waals surface area contributed by atoms with Crippen molar-refractivity contribution in [1.82, 2.24) is 24.5 Å². The molecule has 0 bridgehead atoms. The number of anilines is 1. The normalized spacial score (nSPS) is 18.7. The number of benzene rings is 1. The number of rotatable bonds is 5. The highest BCUT2D eigenvalue weighted by atomic mass is 32.1. The highest BCUT2D eigenvalue weighted by Gasteiger charge is 2.47. The number of halogens is 3. The number of alkyl halides is 3. The molecule has 31 heavy (non-hydrogen) atoms. The van der Waals surface area contributed by atoms with E-state index < -0.39 is 18.3 Å². The first-order valence-corrected chi connectivity index (χ1v) is 10.3. The van der Waals surface area contributed by atoms with Crippen molar-refractivity contribution in [3.63, 3.8) is 0 Å². The molecule has 2 aromatic heterocycles. The molecule has 166 valence electrons. The Morgan fingerprint density at radius 1 is 1.26 bits per heavy atom. The van der Waals surface area contributed by atoms with Gasteiger partial charge in [-0.05, 0) is 35.8 Å². The number of methoxy groups -OCH3 is 1. The van der Waals surface area contributed by atoms with Gasteiger partial charge in [0, 0.05) is 13.0 Å². The number of fused-ring (bicyclic) bond motifs is 1. The molecule has 11 heteroatoms. The highest BCUT2D eigenvalue weighted by molar-refractivity contribution is 7.71. The topological polar surface area (TPSA) is 72.7 Å². The van der Waals surface area contributed by atoms with E-state index in [0.717, 1.165) is 10.2 Å². The summed E-state index contributed by atoms with van der Waals surface area (Å²) in [4.78, 5) is 0. The van der Waals surface area contributed by atoms with Crippen molar-refractivity contribution in [1.29, 1.82) is 0 Å². The molecule has 3 heterocycles. The SMILES string of the molecule is COc1ccc([C@@H]2C[C@@H](C(F)(F)F)n3ncc(-c4n[nH]c(=S)n4CC(C)C)c3N2)cc1. The molecule has 1 aromatic carbocycles. The van der Waals surface area contributed by atoms with Gasteiger partial charge in [0.05, 0.1) is 24.9 Å². The maximum Gasteiger partial charge on any atom is 0.410 e. The first kappa shape index (κ1) is 21.4. The van der Waals surface area contributed by atoms with Crippen LogP contribution in [-0.2, 0) is 6.54 Å². The van der Waals surface area contributed by atoms with E-state index >= 15 is 0 Å². The lowest BCUT2D eigenvalue weighted by molar-refractivity contribution is -0.173. The minimum Gasteiger partial charge on any atom is -0.497 e. The molecule has 2 N–H and O–H groups in total. The van der Waals surface area contributed by atoms with Gasteiger partial charge in [-0.25, -0.2) is 4.68 Å². The summed E-state index contributed by atoms with van der Waals surface area (Å²) in [6, 6.07) is 4.70. The van der Waals surface area contributed by atoms with E-state index in [4.69, 9.17) is 17.0 Å². The molecular weight excluding hydrogens is 429 g/mol. The number of hydrogen-bond acceptors (Lipinski definition) is 5. The van der Waals surface area contributed by atoms with Crippen LogP contribution in [-0.4, -0.2) is 37.8 Å². The summed E-state index contributed by atoms with van der Waals surface area (Å²) in [5.74, 6) is 1.65. The Morgan fingerprint density at radius 2 is 1.97 bits per heavy atom. The molecular formula is C20H23F3N6OS. The lowest BCUT2D eigenvalue weighted by atomic mass is 9.96. The van der Waals surface area contributed by atoms with E-state index in [1.54, 1.807) is 35.9 Å². The molecule has 4 rings (SSSR count). The number of aromatic amines is 1. The summed E-state index contributed by atoms with van der Waals surface area (Å²) < 4.78 is 50.2. The van der Waals surface area contributed by atoms with Gasteiger partial charge in [0.15, 0.2) is 16.6 Å². The highest BCUT2D eigenvalue weighted by Crippen LogP contribution is 2.46. The van der Waals surface area contributed by atoms with Crippen molar-refractivity contribution in [2.75, 3.05) is 12.4 Å². The molecule has 7 nitrogen and oxygen atoms in total. The Kier molecular flexibility index (Phi) is 5.54. The van der Waals surface area contributed by atoms with Crippen molar-refractivity contribution in [3.8, 4) is 17.1 Å². The zero-order chi connectivity index (χ0) is 22.3. The van der Waals surface area contributed by atoms with E-state index in [1.165, 1.54) is 6.20 Å². The maximum absolute atomic E-state index is 13.9. The van der Waals surface area contributed by atoms with Crippen molar-refractivity contribution < 1.29 is 17.9 Å². The Balaban J connectivity index is 1.79. The van der Waals surface area contributed by atoms with Gasteiger partial charge in [0.2, 0.25) is 0 Å². The van der Waals surface area contributed by atoms with Gasteiger partial charge in [-0.1, -0.05) is 26.0 Å². The quantitative estimate of drug-likeness (QED) is 0.525. The zero-order valence-electron chi connectivity index (χ0n) is 17.3. The van der Waals surface area contributed by atoms with Crippen molar-refractivity contribution in [2.24, 2.45) is 5.92 Å². The Bertz CT molecular complexity index is 1120. The number of nitrogens with zero attached hydrogens (tertiary/aromatic N) is 4. The minimum atomic E-state index is -4.45. The number of ether oxygens (including phenoxy) is 1. The predicted octanol–water partition coefficient (Wildman–Crippen LogP) is 5.13. The molecule has 3 aromatic rings. The second-order valence-electron chi connectivity index (χ2n) is 7.97. The summed E-state index contributed by atoms with van der Waals surface area (Å²) in [7, 11) is 1.54. The summed E-state index contributed by atoms with van der Waals surface area (Å²) >= 11 is 5.33. The number of nitrogens with one attached hydrogen (secondary N) is 2. The minimum absolute atomic E-state index is 0.178. The molecule has 2 atom stereocenters. The van der Waals surface area contributed by atoms with Gasteiger partial charge < -0.3 is 10.1 Å². The third-order valence-electron chi connectivity index (χ3n) is 5.30. The average Bonchev–Trinajstić information content (AvgIpc) is 3.29. The molecule has 0 radical (unpaired) electrons. The van der Waals surface area contributed by atoms with Crippen molar-refractivity contribution in [2.45, 2.75) is 45.1 Å². The zero-order valence-corrected chi connectivity index (χ0v) is 18.1. The van der Waals surface area contributed by atoms with E-state index in [1.807, 2.05) is 13.8 Å². The molecule has 0 amide bonds. The first-order valence-electron chi connectivity index (χ1n) is 9.89. The van der Waals surface area contributed by atoms with Gasteiger partial charge in [0.25, 0.3) is 0 Å².